The Bertz CT molecular complexity index is 552. The number of hydrogen-bond donors (Lipinski definition) is 2. The van der Waals surface area contributed by atoms with Gasteiger partial charge in [-0.05, 0) is 5.56 Å². The molecule has 2 unspecified atom stereocenters. The van der Waals surface area contributed by atoms with Gasteiger partial charge in [-0.1, -0.05) is 30.3 Å². The standard InChI is InChI=1S/C14H16N4O/c15-12-6-13(19)18(9-10-4-2-1-3-5-10)14(12)11-7-16-17-8-11/h1-5,7-8,12,14H,6,9,15H2,(H,16,17). The zero-order valence-electron chi connectivity index (χ0n) is 10.5. The second-order valence-electron chi connectivity index (χ2n) is 4.85. The summed E-state index contributed by atoms with van der Waals surface area (Å²) in [4.78, 5) is 13.9. The smallest absolute Gasteiger partial charge is 0.225 e. The van der Waals surface area contributed by atoms with Gasteiger partial charge in [-0.2, -0.15) is 5.10 Å². The van der Waals surface area contributed by atoms with Gasteiger partial charge in [0.2, 0.25) is 5.91 Å². The Hall–Kier alpha value is -2.14. The van der Waals surface area contributed by atoms with Crippen LogP contribution in [0.2, 0.25) is 0 Å². The second-order valence-corrected chi connectivity index (χ2v) is 4.85. The van der Waals surface area contributed by atoms with Crippen molar-refractivity contribution in [2.75, 3.05) is 0 Å². The number of nitrogens with zero attached hydrogens (tertiary/aromatic N) is 2. The van der Waals surface area contributed by atoms with Crippen LogP contribution in [0.5, 0.6) is 0 Å². The van der Waals surface area contributed by atoms with Crippen molar-refractivity contribution in [3.63, 3.8) is 0 Å². The number of benzene rings is 1. The molecule has 3 N–H and O–H groups in total. The molecule has 1 fully saturated rings. The van der Waals surface area contributed by atoms with E-state index >= 15 is 0 Å². The minimum atomic E-state index is -0.172. The van der Waals surface area contributed by atoms with Gasteiger partial charge in [0.1, 0.15) is 0 Å². The van der Waals surface area contributed by atoms with Crippen LogP contribution in [0.4, 0.5) is 0 Å². The predicted molar refractivity (Wildman–Crippen MR) is 70.9 cm³/mol. The quantitative estimate of drug-likeness (QED) is 0.866. The van der Waals surface area contributed by atoms with E-state index in [1.165, 1.54) is 0 Å². The van der Waals surface area contributed by atoms with Gasteiger partial charge in [0.05, 0.1) is 12.2 Å². The van der Waals surface area contributed by atoms with Crippen molar-refractivity contribution >= 4 is 5.91 Å². The van der Waals surface area contributed by atoms with Gasteiger partial charge in [0.15, 0.2) is 0 Å². The molecule has 0 saturated carbocycles. The summed E-state index contributed by atoms with van der Waals surface area (Å²) < 4.78 is 0. The molecule has 2 aromatic rings. The van der Waals surface area contributed by atoms with Crippen LogP contribution in [0.15, 0.2) is 42.7 Å². The number of nitrogens with two attached hydrogens (primary N) is 1. The predicted octanol–water partition coefficient (Wildman–Crippen LogP) is 1.21. The van der Waals surface area contributed by atoms with E-state index < -0.39 is 0 Å². The summed E-state index contributed by atoms with van der Waals surface area (Å²) in [5.41, 5.74) is 8.18. The van der Waals surface area contributed by atoms with Gasteiger partial charge in [-0.15, -0.1) is 0 Å². The number of nitrogens with one attached hydrogen (secondary N) is 1. The van der Waals surface area contributed by atoms with E-state index in [0.29, 0.717) is 13.0 Å². The Labute approximate surface area is 111 Å². The average Bonchev–Trinajstić information content (AvgIpc) is 3.00. The van der Waals surface area contributed by atoms with E-state index in [-0.39, 0.29) is 18.0 Å². The Morgan fingerprint density at radius 3 is 2.84 bits per heavy atom. The molecule has 3 rings (SSSR count). The fourth-order valence-electron chi connectivity index (χ4n) is 2.63. The van der Waals surface area contributed by atoms with Crippen molar-refractivity contribution < 1.29 is 4.79 Å². The number of aromatic amines is 1. The molecule has 0 spiro atoms. The van der Waals surface area contributed by atoms with Crippen LogP contribution in [-0.4, -0.2) is 27.0 Å². The Morgan fingerprint density at radius 1 is 1.37 bits per heavy atom. The molecule has 0 aliphatic carbocycles. The number of aromatic nitrogens is 2. The molecular weight excluding hydrogens is 240 g/mol. The molecular formula is C14H16N4O. The highest BCUT2D eigenvalue weighted by molar-refractivity contribution is 5.80. The van der Waals surface area contributed by atoms with Gasteiger partial charge in [0.25, 0.3) is 0 Å². The Kier molecular flexibility index (Phi) is 3.05. The maximum atomic E-state index is 12.1. The SMILES string of the molecule is NC1CC(=O)N(Cc2ccccc2)C1c1cn[nH]c1. The van der Waals surface area contributed by atoms with Gasteiger partial charge in [-0.25, -0.2) is 0 Å². The number of H-pyrrole nitrogens is 1. The fraction of sp³-hybridized carbons (Fsp3) is 0.286. The van der Waals surface area contributed by atoms with E-state index in [2.05, 4.69) is 10.2 Å². The number of likely N-dealkylation sites (tertiary alicyclic amines) is 1. The lowest BCUT2D eigenvalue weighted by Gasteiger charge is -2.26. The van der Waals surface area contributed by atoms with Crippen molar-refractivity contribution in [3.8, 4) is 0 Å². The van der Waals surface area contributed by atoms with Gasteiger partial charge in [0, 0.05) is 30.8 Å². The first kappa shape index (κ1) is 11.9. The fourth-order valence-corrected chi connectivity index (χ4v) is 2.63. The van der Waals surface area contributed by atoms with E-state index in [4.69, 9.17) is 5.73 Å². The van der Waals surface area contributed by atoms with Crippen LogP contribution in [0.1, 0.15) is 23.6 Å². The van der Waals surface area contributed by atoms with Crippen LogP contribution in [0, 0.1) is 0 Å². The maximum absolute atomic E-state index is 12.1. The lowest BCUT2D eigenvalue weighted by molar-refractivity contribution is -0.129. The van der Waals surface area contributed by atoms with E-state index in [0.717, 1.165) is 11.1 Å². The summed E-state index contributed by atoms with van der Waals surface area (Å²) in [6.07, 6.45) is 3.94. The average molecular weight is 256 g/mol. The topological polar surface area (TPSA) is 75.0 Å². The molecule has 1 amide bonds. The minimum absolute atomic E-state index is 0.0912. The number of carbonyl (C=O) groups is 1. The van der Waals surface area contributed by atoms with Crippen molar-refractivity contribution in [2.24, 2.45) is 5.73 Å². The summed E-state index contributed by atoms with van der Waals surface area (Å²) in [7, 11) is 0. The number of rotatable bonds is 3. The van der Waals surface area contributed by atoms with E-state index in [1.54, 1.807) is 12.4 Å². The molecule has 1 aliphatic heterocycles. The zero-order valence-corrected chi connectivity index (χ0v) is 10.5. The number of carbonyl (C=O) groups excluding carboxylic acids is 1. The van der Waals surface area contributed by atoms with Gasteiger partial charge < -0.3 is 10.6 Å². The molecule has 98 valence electrons. The highest BCUT2D eigenvalue weighted by Gasteiger charge is 2.38. The summed E-state index contributed by atoms with van der Waals surface area (Å²) in [6, 6.07) is 9.69. The molecule has 5 heteroatoms. The molecule has 2 atom stereocenters. The third-order valence-electron chi connectivity index (χ3n) is 3.53. The lowest BCUT2D eigenvalue weighted by Crippen LogP contribution is -2.32. The second kappa shape index (κ2) is 4.85. The first-order valence-electron chi connectivity index (χ1n) is 6.33. The summed E-state index contributed by atoms with van der Waals surface area (Å²) in [5, 5.41) is 6.73. The van der Waals surface area contributed by atoms with Crippen LogP contribution in [0.3, 0.4) is 0 Å². The Morgan fingerprint density at radius 2 is 2.16 bits per heavy atom. The molecule has 5 nitrogen and oxygen atoms in total. The van der Waals surface area contributed by atoms with E-state index in [9.17, 15) is 4.79 Å². The monoisotopic (exact) mass is 256 g/mol. The third kappa shape index (κ3) is 2.24. The highest BCUT2D eigenvalue weighted by Crippen LogP contribution is 2.32. The van der Waals surface area contributed by atoms with Crippen LogP contribution >= 0.6 is 0 Å². The molecule has 0 bridgehead atoms. The number of hydrogen-bond acceptors (Lipinski definition) is 3. The molecule has 1 aliphatic rings. The highest BCUT2D eigenvalue weighted by atomic mass is 16.2. The van der Waals surface area contributed by atoms with Crippen LogP contribution in [0.25, 0.3) is 0 Å². The molecule has 2 heterocycles. The molecule has 1 aromatic heterocycles. The van der Waals surface area contributed by atoms with E-state index in [1.807, 2.05) is 35.2 Å². The van der Waals surface area contributed by atoms with Crippen LogP contribution < -0.4 is 5.73 Å². The third-order valence-corrected chi connectivity index (χ3v) is 3.53. The van der Waals surface area contributed by atoms with Crippen LogP contribution in [-0.2, 0) is 11.3 Å². The summed E-state index contributed by atoms with van der Waals surface area (Å²) in [5.74, 6) is 0.0996. The first-order chi connectivity index (χ1) is 9.25. The van der Waals surface area contributed by atoms with Crippen molar-refractivity contribution in [2.45, 2.75) is 25.0 Å². The Balaban J connectivity index is 1.87. The lowest BCUT2D eigenvalue weighted by atomic mass is 10.0. The zero-order chi connectivity index (χ0) is 13.2. The van der Waals surface area contributed by atoms with Crippen molar-refractivity contribution in [1.82, 2.24) is 15.1 Å². The van der Waals surface area contributed by atoms with Crippen molar-refractivity contribution in [3.05, 3.63) is 53.9 Å². The normalized spacial score (nSPS) is 23.0. The summed E-state index contributed by atoms with van der Waals surface area (Å²) >= 11 is 0. The largest absolute Gasteiger partial charge is 0.330 e. The van der Waals surface area contributed by atoms with Crippen molar-refractivity contribution in [1.29, 1.82) is 0 Å². The molecule has 1 saturated heterocycles. The number of amides is 1. The minimum Gasteiger partial charge on any atom is -0.330 e. The molecule has 1 aromatic carbocycles. The first-order valence-corrected chi connectivity index (χ1v) is 6.33. The summed E-state index contributed by atoms with van der Waals surface area (Å²) in [6.45, 7) is 0.587. The molecule has 19 heavy (non-hydrogen) atoms. The molecule has 0 radical (unpaired) electrons. The van der Waals surface area contributed by atoms with Gasteiger partial charge >= 0.3 is 0 Å². The van der Waals surface area contributed by atoms with Gasteiger partial charge in [-0.3, -0.25) is 9.89 Å². The maximum Gasteiger partial charge on any atom is 0.225 e.